The number of aryl methyl sites for hydroxylation is 1. The van der Waals surface area contributed by atoms with Crippen molar-refractivity contribution in [2.24, 2.45) is 0 Å². The Balaban J connectivity index is 0.00000216. The largest absolute Gasteiger partial charge is 1.00 e. The van der Waals surface area contributed by atoms with Gasteiger partial charge < -0.3 is 34.5 Å². The van der Waals surface area contributed by atoms with E-state index < -0.39 is 0 Å². The van der Waals surface area contributed by atoms with E-state index in [0.717, 1.165) is 56.8 Å². The summed E-state index contributed by atoms with van der Waals surface area (Å²) in [5.74, 6) is -0.559. The van der Waals surface area contributed by atoms with Crippen molar-refractivity contribution in [1.29, 1.82) is 0 Å². The molecule has 3 nitrogen and oxygen atoms in total. The highest BCUT2D eigenvalue weighted by atomic mass is 35.5. The van der Waals surface area contributed by atoms with E-state index in [4.69, 9.17) is 4.74 Å². The first kappa shape index (κ1) is 29.2. The second-order valence-corrected chi connectivity index (χ2v) is 8.63. The molecule has 1 fully saturated rings. The summed E-state index contributed by atoms with van der Waals surface area (Å²) in [6.45, 7) is 6.77. The topological polar surface area (TPSA) is 15.7 Å². The lowest BCUT2D eigenvalue weighted by Gasteiger charge is -2.35. The standard InChI is InChI=1S/C28H32F2N2O.2ClH/c29-26-12-8-24(9-13-26)28(25-10-14-27(30)15-11-25)33-22-21-32-19-17-31(18-20-32)16-4-7-23-5-2-1-3-6-23;;/h1-3,5-6,8-15,28H,4,7,16-22H2;2*1H/p-2. The van der Waals surface area contributed by atoms with Gasteiger partial charge in [0.05, 0.1) is 6.61 Å². The summed E-state index contributed by atoms with van der Waals surface area (Å²) in [6, 6.07) is 23.3. The van der Waals surface area contributed by atoms with Crippen LogP contribution in [0.3, 0.4) is 0 Å². The van der Waals surface area contributed by atoms with Crippen LogP contribution in [0.15, 0.2) is 78.9 Å². The van der Waals surface area contributed by atoms with E-state index in [9.17, 15) is 8.78 Å². The molecule has 0 spiro atoms. The van der Waals surface area contributed by atoms with Crippen LogP contribution in [0.4, 0.5) is 8.78 Å². The quantitative estimate of drug-likeness (QED) is 0.352. The van der Waals surface area contributed by atoms with Gasteiger partial charge in [0.2, 0.25) is 0 Å². The smallest absolute Gasteiger partial charge is 0.123 e. The molecule has 0 unspecified atom stereocenters. The number of hydrogen-bond acceptors (Lipinski definition) is 3. The molecular formula is C28H32Cl2F2N2O-2. The molecule has 0 amide bonds. The van der Waals surface area contributed by atoms with Gasteiger partial charge in [0, 0.05) is 32.7 Å². The van der Waals surface area contributed by atoms with Crippen LogP contribution in [-0.2, 0) is 11.2 Å². The highest BCUT2D eigenvalue weighted by Gasteiger charge is 2.19. The lowest BCUT2D eigenvalue weighted by atomic mass is 10.0. The molecule has 0 bridgehead atoms. The van der Waals surface area contributed by atoms with Crippen LogP contribution in [0.2, 0.25) is 0 Å². The van der Waals surface area contributed by atoms with E-state index in [1.54, 1.807) is 24.3 Å². The van der Waals surface area contributed by atoms with E-state index in [0.29, 0.717) is 6.61 Å². The Morgan fingerprint density at radius 1 is 0.657 bits per heavy atom. The number of rotatable bonds is 10. The fourth-order valence-electron chi connectivity index (χ4n) is 4.35. The van der Waals surface area contributed by atoms with Gasteiger partial charge in [-0.25, -0.2) is 8.78 Å². The molecule has 7 heteroatoms. The van der Waals surface area contributed by atoms with Crippen LogP contribution in [-0.4, -0.2) is 55.7 Å². The number of ether oxygens (including phenoxy) is 1. The van der Waals surface area contributed by atoms with Crippen molar-refractivity contribution < 1.29 is 38.3 Å². The van der Waals surface area contributed by atoms with Crippen molar-refractivity contribution in [2.75, 3.05) is 45.9 Å². The number of halogens is 4. The molecule has 35 heavy (non-hydrogen) atoms. The van der Waals surface area contributed by atoms with Gasteiger partial charge in [-0.3, -0.25) is 4.90 Å². The highest BCUT2D eigenvalue weighted by Crippen LogP contribution is 2.26. The Bertz CT molecular complexity index is 921. The summed E-state index contributed by atoms with van der Waals surface area (Å²) in [7, 11) is 0. The zero-order valence-electron chi connectivity index (χ0n) is 19.8. The van der Waals surface area contributed by atoms with Crippen molar-refractivity contribution >= 4 is 0 Å². The predicted octanol–water partition coefficient (Wildman–Crippen LogP) is -0.671. The monoisotopic (exact) mass is 520 g/mol. The fourth-order valence-corrected chi connectivity index (χ4v) is 4.35. The summed E-state index contributed by atoms with van der Waals surface area (Å²) in [5, 5.41) is 0. The number of hydrogen-bond donors (Lipinski definition) is 0. The Morgan fingerprint density at radius 2 is 1.14 bits per heavy atom. The summed E-state index contributed by atoms with van der Waals surface area (Å²) < 4.78 is 33.0. The molecule has 1 aliphatic heterocycles. The number of benzene rings is 3. The second-order valence-electron chi connectivity index (χ2n) is 8.63. The third-order valence-corrected chi connectivity index (χ3v) is 6.29. The van der Waals surface area contributed by atoms with Crippen molar-refractivity contribution in [3.8, 4) is 0 Å². The average molecular weight is 521 g/mol. The molecule has 0 radical (unpaired) electrons. The maximum atomic E-state index is 13.4. The molecule has 4 rings (SSSR count). The molecule has 3 aromatic rings. The van der Waals surface area contributed by atoms with Gasteiger partial charge in [0.15, 0.2) is 0 Å². The normalized spacial score (nSPS) is 14.4. The lowest BCUT2D eigenvalue weighted by Crippen LogP contribution is -3.00. The first-order valence-electron chi connectivity index (χ1n) is 11.8. The maximum Gasteiger partial charge on any atom is 0.123 e. The van der Waals surface area contributed by atoms with Gasteiger partial charge in [0.25, 0.3) is 0 Å². The van der Waals surface area contributed by atoms with E-state index in [1.165, 1.54) is 36.2 Å². The van der Waals surface area contributed by atoms with Gasteiger partial charge in [-0.1, -0.05) is 54.6 Å². The van der Waals surface area contributed by atoms with E-state index >= 15 is 0 Å². The molecule has 0 aromatic heterocycles. The molecule has 3 aromatic carbocycles. The summed E-state index contributed by atoms with van der Waals surface area (Å²) >= 11 is 0. The Morgan fingerprint density at radius 3 is 1.66 bits per heavy atom. The Hall–Kier alpha value is -2.02. The molecule has 1 saturated heterocycles. The van der Waals surface area contributed by atoms with Gasteiger partial charge >= 0.3 is 0 Å². The summed E-state index contributed by atoms with van der Waals surface area (Å²) in [4.78, 5) is 4.97. The summed E-state index contributed by atoms with van der Waals surface area (Å²) in [5.41, 5.74) is 3.14. The molecule has 1 heterocycles. The van der Waals surface area contributed by atoms with Crippen molar-refractivity contribution in [1.82, 2.24) is 9.80 Å². The molecule has 0 N–H and O–H groups in total. The Labute approximate surface area is 219 Å². The van der Waals surface area contributed by atoms with Crippen LogP contribution >= 0.6 is 0 Å². The second kappa shape index (κ2) is 15.2. The minimum atomic E-state index is -0.342. The molecule has 0 saturated carbocycles. The molecule has 1 aliphatic rings. The third kappa shape index (κ3) is 9.17. The van der Waals surface area contributed by atoms with Gasteiger partial charge in [0.1, 0.15) is 17.7 Å². The van der Waals surface area contributed by atoms with Crippen LogP contribution < -0.4 is 24.8 Å². The van der Waals surface area contributed by atoms with E-state index in [2.05, 4.69) is 40.1 Å². The molecular weight excluding hydrogens is 489 g/mol. The molecule has 0 aliphatic carbocycles. The van der Waals surface area contributed by atoms with Gasteiger partial charge in [-0.2, -0.15) is 0 Å². The van der Waals surface area contributed by atoms with Gasteiger partial charge in [-0.15, -0.1) is 0 Å². The zero-order chi connectivity index (χ0) is 22.9. The first-order chi connectivity index (χ1) is 16.2. The average Bonchev–Trinajstić information content (AvgIpc) is 2.85. The van der Waals surface area contributed by atoms with Crippen LogP contribution in [0.25, 0.3) is 0 Å². The molecule has 0 atom stereocenters. The van der Waals surface area contributed by atoms with Gasteiger partial charge in [-0.05, 0) is 60.3 Å². The highest BCUT2D eigenvalue weighted by molar-refractivity contribution is 5.30. The maximum absolute atomic E-state index is 13.4. The molecule has 190 valence electrons. The van der Waals surface area contributed by atoms with Crippen molar-refractivity contribution in [3.63, 3.8) is 0 Å². The first-order valence-corrected chi connectivity index (χ1v) is 11.8. The zero-order valence-corrected chi connectivity index (χ0v) is 21.3. The van der Waals surface area contributed by atoms with Crippen LogP contribution in [0.1, 0.15) is 29.2 Å². The minimum absolute atomic E-state index is 0. The van der Waals surface area contributed by atoms with E-state index in [-0.39, 0.29) is 42.6 Å². The minimum Gasteiger partial charge on any atom is -1.00 e. The number of nitrogens with zero attached hydrogens (tertiary/aromatic N) is 2. The van der Waals surface area contributed by atoms with E-state index in [1.807, 2.05) is 0 Å². The fraction of sp³-hybridized carbons (Fsp3) is 0.357. The van der Waals surface area contributed by atoms with Crippen molar-refractivity contribution in [3.05, 3.63) is 107 Å². The third-order valence-electron chi connectivity index (χ3n) is 6.29. The summed E-state index contributed by atoms with van der Waals surface area (Å²) in [6.07, 6.45) is 1.97. The lowest BCUT2D eigenvalue weighted by molar-refractivity contribution is -0.00100. The number of piperazine rings is 1. The predicted molar refractivity (Wildman–Crippen MR) is 128 cm³/mol. The van der Waals surface area contributed by atoms with Crippen molar-refractivity contribution in [2.45, 2.75) is 18.9 Å². The van der Waals surface area contributed by atoms with Crippen LogP contribution in [0, 0.1) is 11.6 Å². The SMILES string of the molecule is Fc1ccc(C(OCCN2CCN(CCCc3ccccc3)CC2)c2ccc(F)cc2)cc1.[Cl-].[Cl-]. The van der Waals surface area contributed by atoms with Crippen LogP contribution in [0.5, 0.6) is 0 Å². The Kier molecular flexibility index (Phi) is 12.7.